The molecule has 2 heteroatoms. The zero-order valence-corrected chi connectivity index (χ0v) is 13.1. The molecular weight excluding hydrogens is 252 g/mol. The highest BCUT2D eigenvalue weighted by Gasteiger charge is 2.18. The van der Waals surface area contributed by atoms with E-state index in [9.17, 15) is 4.79 Å². The van der Waals surface area contributed by atoms with Gasteiger partial charge in [-0.15, -0.1) is 0 Å². The lowest BCUT2D eigenvalue weighted by molar-refractivity contribution is -0.108. The molecule has 108 valence electrons. The van der Waals surface area contributed by atoms with Crippen LogP contribution >= 0.6 is 11.8 Å². The van der Waals surface area contributed by atoms with Gasteiger partial charge >= 0.3 is 0 Å². The molecule has 0 spiro atoms. The summed E-state index contributed by atoms with van der Waals surface area (Å²) in [6.45, 7) is 6.23. The van der Waals surface area contributed by atoms with Gasteiger partial charge in [0.1, 0.15) is 0 Å². The maximum Gasteiger partial charge on any atom is 0.215 e. The summed E-state index contributed by atoms with van der Waals surface area (Å²) in [5.74, 6) is 1.26. The molecular formula is C17H28OS. The number of thioether (sulfide) groups is 1. The number of allylic oxidation sites excluding steroid dienone is 2. The predicted octanol–water partition coefficient (Wildman–Crippen LogP) is 5.52. The zero-order valence-electron chi connectivity index (χ0n) is 12.3. The van der Waals surface area contributed by atoms with Crippen LogP contribution < -0.4 is 0 Å². The average Bonchev–Trinajstić information content (AvgIpc) is 2.46. The highest BCUT2D eigenvalue weighted by molar-refractivity contribution is 8.14. The van der Waals surface area contributed by atoms with Crippen LogP contribution in [0, 0.1) is 5.92 Å². The van der Waals surface area contributed by atoms with E-state index in [0.29, 0.717) is 5.92 Å². The molecule has 0 saturated carbocycles. The van der Waals surface area contributed by atoms with Crippen LogP contribution in [0.4, 0.5) is 0 Å². The molecule has 0 bridgehead atoms. The number of hydrogen-bond donors (Lipinski definition) is 0. The van der Waals surface area contributed by atoms with Gasteiger partial charge in [0.05, 0.1) is 0 Å². The monoisotopic (exact) mass is 280 g/mol. The van der Waals surface area contributed by atoms with E-state index in [2.05, 4.69) is 25.7 Å². The summed E-state index contributed by atoms with van der Waals surface area (Å²) in [5, 5.41) is 0.213. The van der Waals surface area contributed by atoms with Crippen LogP contribution in [0.5, 0.6) is 0 Å². The van der Waals surface area contributed by atoms with Gasteiger partial charge in [0, 0.05) is 17.2 Å². The average molecular weight is 280 g/mol. The smallest absolute Gasteiger partial charge is 0.215 e. The van der Waals surface area contributed by atoms with Crippen molar-refractivity contribution in [1.29, 1.82) is 0 Å². The van der Waals surface area contributed by atoms with E-state index in [1.807, 2.05) is 0 Å². The molecule has 0 aromatic carbocycles. The summed E-state index contributed by atoms with van der Waals surface area (Å²) in [7, 11) is 0. The Morgan fingerprint density at radius 3 is 2.68 bits per heavy atom. The van der Waals surface area contributed by atoms with Gasteiger partial charge in [-0.3, -0.25) is 4.79 Å². The molecule has 1 rings (SSSR count). The predicted molar refractivity (Wildman–Crippen MR) is 86.5 cm³/mol. The second-order valence-corrected chi connectivity index (χ2v) is 6.46. The minimum atomic E-state index is 0.213. The normalized spacial score (nSPS) is 18.5. The van der Waals surface area contributed by atoms with Crippen LogP contribution in [0.25, 0.3) is 0 Å². The van der Waals surface area contributed by atoms with Crippen molar-refractivity contribution in [3.05, 3.63) is 24.3 Å². The van der Waals surface area contributed by atoms with Crippen molar-refractivity contribution >= 4 is 16.9 Å². The Bertz CT molecular complexity index is 306. The van der Waals surface area contributed by atoms with Crippen LogP contribution in [0.1, 0.15) is 64.7 Å². The zero-order chi connectivity index (χ0) is 13.9. The fourth-order valence-corrected chi connectivity index (χ4v) is 3.26. The van der Waals surface area contributed by atoms with Crippen LogP contribution in [0.2, 0.25) is 0 Å². The van der Waals surface area contributed by atoms with Crippen molar-refractivity contribution in [3.8, 4) is 0 Å². The molecule has 0 heterocycles. The minimum absolute atomic E-state index is 0.213. The Morgan fingerprint density at radius 2 is 2.00 bits per heavy atom. The van der Waals surface area contributed by atoms with Gasteiger partial charge in [-0.1, -0.05) is 69.5 Å². The summed E-state index contributed by atoms with van der Waals surface area (Å²) < 4.78 is 0. The van der Waals surface area contributed by atoms with Gasteiger partial charge in [-0.05, 0) is 25.7 Å². The van der Waals surface area contributed by atoms with Crippen LogP contribution in [0.15, 0.2) is 24.3 Å². The first-order valence-electron chi connectivity index (χ1n) is 7.78. The fraction of sp³-hybridized carbons (Fsp3) is 0.706. The SMILES string of the molecule is C=C(C(=O)SCCCCCCCC)C1C=CCCC1. The standard InChI is InChI=1S/C17H28OS/c1-3-4-5-6-7-11-14-19-17(18)15(2)16-12-9-8-10-13-16/h9,12,16H,2-8,10-11,13-14H2,1H3. The molecule has 0 fully saturated rings. The Hall–Kier alpha value is -0.500. The number of carbonyl (C=O) groups excluding carboxylic acids is 1. The Morgan fingerprint density at radius 1 is 1.26 bits per heavy atom. The molecule has 0 N–H and O–H groups in total. The number of unbranched alkanes of at least 4 members (excludes halogenated alkanes) is 5. The van der Waals surface area contributed by atoms with Crippen molar-refractivity contribution in [3.63, 3.8) is 0 Å². The van der Waals surface area contributed by atoms with Gasteiger partial charge < -0.3 is 0 Å². The summed E-state index contributed by atoms with van der Waals surface area (Å²) in [5.41, 5.74) is 0.812. The maximum atomic E-state index is 12.0. The van der Waals surface area contributed by atoms with Gasteiger partial charge in [0.15, 0.2) is 0 Å². The summed E-state index contributed by atoms with van der Waals surface area (Å²) in [4.78, 5) is 12.0. The summed E-state index contributed by atoms with van der Waals surface area (Å²) in [6, 6.07) is 0. The fourth-order valence-electron chi connectivity index (χ4n) is 2.39. The first-order valence-corrected chi connectivity index (χ1v) is 8.77. The molecule has 0 amide bonds. The molecule has 0 aromatic heterocycles. The highest BCUT2D eigenvalue weighted by Crippen LogP contribution is 2.27. The van der Waals surface area contributed by atoms with Crippen molar-refractivity contribution in [1.82, 2.24) is 0 Å². The van der Waals surface area contributed by atoms with Gasteiger partial charge in [0.2, 0.25) is 5.12 Å². The molecule has 0 saturated heterocycles. The summed E-state index contributed by atoms with van der Waals surface area (Å²) in [6.07, 6.45) is 15.5. The molecule has 1 nitrogen and oxygen atoms in total. The molecule has 1 aliphatic carbocycles. The van der Waals surface area contributed by atoms with Crippen molar-refractivity contribution in [2.24, 2.45) is 5.92 Å². The third kappa shape index (κ3) is 7.00. The van der Waals surface area contributed by atoms with Gasteiger partial charge in [-0.25, -0.2) is 0 Å². The minimum Gasteiger partial charge on any atom is -0.282 e. The van der Waals surface area contributed by atoms with E-state index < -0.39 is 0 Å². The lowest BCUT2D eigenvalue weighted by Crippen LogP contribution is -2.10. The highest BCUT2D eigenvalue weighted by atomic mass is 32.2. The lowest BCUT2D eigenvalue weighted by Gasteiger charge is -2.17. The first kappa shape index (κ1) is 16.6. The topological polar surface area (TPSA) is 17.1 Å². The Labute approximate surface area is 122 Å². The third-order valence-corrected chi connectivity index (χ3v) is 4.71. The number of hydrogen-bond acceptors (Lipinski definition) is 2. The first-order chi connectivity index (χ1) is 9.25. The van der Waals surface area contributed by atoms with Gasteiger partial charge in [-0.2, -0.15) is 0 Å². The molecule has 1 unspecified atom stereocenters. The third-order valence-electron chi connectivity index (χ3n) is 3.70. The molecule has 1 aliphatic rings. The molecule has 0 aromatic rings. The molecule has 0 radical (unpaired) electrons. The van der Waals surface area contributed by atoms with Crippen LogP contribution in [0.3, 0.4) is 0 Å². The van der Waals surface area contributed by atoms with Crippen molar-refractivity contribution < 1.29 is 4.79 Å². The second kappa shape index (κ2) is 10.3. The Kier molecular flexibility index (Phi) is 8.98. The van der Waals surface area contributed by atoms with Crippen molar-refractivity contribution in [2.75, 3.05) is 5.75 Å². The number of rotatable bonds is 9. The largest absolute Gasteiger partial charge is 0.282 e. The van der Waals surface area contributed by atoms with E-state index in [4.69, 9.17) is 0 Å². The quantitative estimate of drug-likeness (QED) is 0.314. The van der Waals surface area contributed by atoms with E-state index in [1.54, 1.807) is 0 Å². The molecule has 19 heavy (non-hydrogen) atoms. The van der Waals surface area contributed by atoms with Gasteiger partial charge in [0.25, 0.3) is 0 Å². The van der Waals surface area contributed by atoms with Crippen LogP contribution in [-0.2, 0) is 4.79 Å². The van der Waals surface area contributed by atoms with Crippen LogP contribution in [-0.4, -0.2) is 10.9 Å². The lowest BCUT2D eigenvalue weighted by atomic mass is 9.90. The van der Waals surface area contributed by atoms with E-state index in [-0.39, 0.29) is 5.12 Å². The second-order valence-electron chi connectivity index (χ2n) is 5.39. The maximum absolute atomic E-state index is 12.0. The molecule has 1 atom stereocenters. The van der Waals surface area contributed by atoms with E-state index >= 15 is 0 Å². The van der Waals surface area contributed by atoms with E-state index in [1.165, 1.54) is 50.3 Å². The van der Waals surface area contributed by atoms with Crippen molar-refractivity contribution in [2.45, 2.75) is 64.7 Å². The Balaban J connectivity index is 2.08. The summed E-state index contributed by atoms with van der Waals surface area (Å²) >= 11 is 1.47. The van der Waals surface area contributed by atoms with E-state index in [0.717, 1.165) is 30.6 Å². The number of carbonyl (C=O) groups is 1. The molecule has 0 aliphatic heterocycles.